The lowest BCUT2D eigenvalue weighted by Crippen LogP contribution is -2.25. The lowest BCUT2D eigenvalue weighted by Gasteiger charge is -2.18. The summed E-state index contributed by atoms with van der Waals surface area (Å²) in [6.07, 6.45) is -0.709. The Labute approximate surface area is 186 Å². The number of ether oxygens (including phenoxy) is 2. The van der Waals surface area contributed by atoms with Crippen LogP contribution in [0.4, 0.5) is 16.2 Å². The summed E-state index contributed by atoms with van der Waals surface area (Å²) >= 11 is 1.74. The first-order chi connectivity index (χ1) is 14.8. The topological polar surface area (TPSA) is 47.6 Å². The van der Waals surface area contributed by atoms with Gasteiger partial charge in [0, 0.05) is 16.1 Å². The van der Waals surface area contributed by atoms with Crippen molar-refractivity contribution in [2.45, 2.75) is 33.3 Å². The molecule has 4 nitrogen and oxygen atoms in total. The summed E-state index contributed by atoms with van der Waals surface area (Å²) in [5.74, 6) is 0.449. The Kier molecular flexibility index (Phi) is 5.70. The molecular weight excluding hydrogens is 406 g/mol. The van der Waals surface area contributed by atoms with E-state index in [0.717, 1.165) is 28.1 Å². The Morgan fingerprint density at radius 1 is 0.935 bits per heavy atom. The van der Waals surface area contributed by atoms with E-state index in [-0.39, 0.29) is 0 Å². The number of fused-ring (bicyclic) bond motifs is 1. The highest BCUT2D eigenvalue weighted by atomic mass is 32.1. The zero-order valence-electron chi connectivity index (χ0n) is 18.1. The van der Waals surface area contributed by atoms with Gasteiger partial charge in [-0.15, -0.1) is 11.3 Å². The molecule has 31 heavy (non-hydrogen) atoms. The standard InChI is InChI=1S/C26H25NO3S/c1-17-8-9-19(16-23(17)27-21-10-11-24-20(14-21)12-13-31-24)18-6-5-7-22(15-18)29-25(28)30-26(2,3)4/h5-16,27H,1-4H3. The molecule has 0 bridgehead atoms. The second kappa shape index (κ2) is 8.44. The largest absolute Gasteiger partial charge is 0.514 e. The monoisotopic (exact) mass is 431 g/mol. The van der Waals surface area contributed by atoms with Gasteiger partial charge in [-0.3, -0.25) is 0 Å². The second-order valence-corrected chi connectivity index (χ2v) is 9.37. The Morgan fingerprint density at radius 2 is 1.74 bits per heavy atom. The minimum atomic E-state index is -0.709. The molecule has 0 radical (unpaired) electrons. The van der Waals surface area contributed by atoms with E-state index in [1.165, 1.54) is 10.1 Å². The number of nitrogens with one attached hydrogen (secondary N) is 1. The molecule has 0 saturated heterocycles. The van der Waals surface area contributed by atoms with Crippen molar-refractivity contribution in [1.82, 2.24) is 0 Å². The van der Waals surface area contributed by atoms with Crippen molar-refractivity contribution in [3.63, 3.8) is 0 Å². The molecule has 3 aromatic carbocycles. The third-order valence-corrected chi connectivity index (χ3v) is 5.62. The van der Waals surface area contributed by atoms with Gasteiger partial charge < -0.3 is 14.8 Å². The van der Waals surface area contributed by atoms with Crippen LogP contribution in [0.1, 0.15) is 26.3 Å². The van der Waals surface area contributed by atoms with Crippen molar-refractivity contribution >= 4 is 39.0 Å². The van der Waals surface area contributed by atoms with Crippen LogP contribution >= 0.6 is 11.3 Å². The van der Waals surface area contributed by atoms with Gasteiger partial charge in [-0.05, 0) is 97.6 Å². The second-order valence-electron chi connectivity index (χ2n) is 8.42. The molecule has 1 N–H and O–H groups in total. The molecule has 158 valence electrons. The molecule has 0 amide bonds. The molecule has 0 atom stereocenters. The maximum atomic E-state index is 12.0. The number of hydrogen-bond acceptors (Lipinski definition) is 5. The van der Waals surface area contributed by atoms with E-state index in [2.05, 4.69) is 60.1 Å². The fraction of sp³-hybridized carbons (Fsp3) is 0.192. The van der Waals surface area contributed by atoms with Crippen LogP contribution in [0, 0.1) is 6.92 Å². The highest BCUT2D eigenvalue weighted by molar-refractivity contribution is 7.17. The number of hydrogen-bond donors (Lipinski definition) is 1. The lowest BCUT2D eigenvalue weighted by molar-refractivity contribution is 0.0206. The molecule has 1 aromatic heterocycles. The maximum absolute atomic E-state index is 12.0. The SMILES string of the molecule is Cc1ccc(-c2cccc(OC(=O)OC(C)(C)C)c2)cc1Nc1ccc2sccc2c1. The predicted octanol–water partition coefficient (Wildman–Crippen LogP) is 7.93. The van der Waals surface area contributed by atoms with E-state index in [1.54, 1.807) is 17.4 Å². The fourth-order valence-electron chi connectivity index (χ4n) is 3.24. The van der Waals surface area contributed by atoms with Gasteiger partial charge in [-0.1, -0.05) is 24.3 Å². The molecule has 0 aliphatic heterocycles. The Balaban J connectivity index is 1.57. The molecule has 0 aliphatic rings. The van der Waals surface area contributed by atoms with Crippen LogP contribution in [0.15, 0.2) is 72.1 Å². The van der Waals surface area contributed by atoms with Gasteiger partial charge in [0.15, 0.2) is 0 Å². The first-order valence-corrected chi connectivity index (χ1v) is 11.0. The molecule has 1 heterocycles. The van der Waals surface area contributed by atoms with Gasteiger partial charge in [0.25, 0.3) is 0 Å². The molecule has 0 aliphatic carbocycles. The van der Waals surface area contributed by atoms with Crippen molar-refractivity contribution in [1.29, 1.82) is 0 Å². The summed E-state index contributed by atoms with van der Waals surface area (Å²) in [7, 11) is 0. The van der Waals surface area contributed by atoms with Crippen molar-refractivity contribution in [2.24, 2.45) is 0 Å². The third-order valence-electron chi connectivity index (χ3n) is 4.73. The van der Waals surface area contributed by atoms with Gasteiger partial charge in [-0.25, -0.2) is 4.79 Å². The van der Waals surface area contributed by atoms with E-state index in [9.17, 15) is 4.79 Å². The molecule has 4 aromatic rings. The maximum Gasteiger partial charge on any atom is 0.514 e. The number of benzene rings is 3. The highest BCUT2D eigenvalue weighted by Crippen LogP contribution is 2.31. The van der Waals surface area contributed by atoms with Gasteiger partial charge in [0.2, 0.25) is 0 Å². The smallest absolute Gasteiger partial charge is 0.428 e. The summed E-state index contributed by atoms with van der Waals surface area (Å²) < 4.78 is 11.9. The van der Waals surface area contributed by atoms with E-state index >= 15 is 0 Å². The van der Waals surface area contributed by atoms with Gasteiger partial charge in [0.05, 0.1) is 0 Å². The van der Waals surface area contributed by atoms with E-state index in [0.29, 0.717) is 5.75 Å². The summed E-state index contributed by atoms with van der Waals surface area (Å²) in [5.41, 5.74) is 4.61. The van der Waals surface area contributed by atoms with E-state index in [1.807, 2.05) is 39.0 Å². The van der Waals surface area contributed by atoms with Crippen molar-refractivity contribution < 1.29 is 14.3 Å². The molecule has 0 saturated carbocycles. The van der Waals surface area contributed by atoms with Crippen LogP contribution in [0.5, 0.6) is 5.75 Å². The number of anilines is 2. The van der Waals surface area contributed by atoms with Crippen LogP contribution in [0.2, 0.25) is 0 Å². The number of aryl methyl sites for hydroxylation is 1. The quantitative estimate of drug-likeness (QED) is 0.263. The van der Waals surface area contributed by atoms with Gasteiger partial charge in [0.1, 0.15) is 11.4 Å². The third kappa shape index (κ3) is 5.25. The fourth-order valence-corrected chi connectivity index (χ4v) is 4.01. The minimum absolute atomic E-state index is 0.449. The molecule has 0 unspecified atom stereocenters. The molecule has 4 rings (SSSR count). The number of thiophene rings is 1. The van der Waals surface area contributed by atoms with Crippen LogP contribution < -0.4 is 10.1 Å². The average molecular weight is 432 g/mol. The Bertz CT molecular complexity index is 1240. The Hall–Kier alpha value is -3.31. The molecule has 0 fully saturated rings. The summed E-state index contributed by atoms with van der Waals surface area (Å²) in [4.78, 5) is 12.0. The predicted molar refractivity (Wildman–Crippen MR) is 129 cm³/mol. The molecule has 5 heteroatoms. The van der Waals surface area contributed by atoms with E-state index in [4.69, 9.17) is 9.47 Å². The molecule has 0 spiro atoms. The van der Waals surface area contributed by atoms with Crippen molar-refractivity contribution in [2.75, 3.05) is 5.32 Å². The normalized spacial score (nSPS) is 11.4. The first kappa shape index (κ1) is 20.9. The van der Waals surface area contributed by atoms with Crippen LogP contribution in [0.3, 0.4) is 0 Å². The highest BCUT2D eigenvalue weighted by Gasteiger charge is 2.18. The zero-order valence-corrected chi connectivity index (χ0v) is 18.9. The van der Waals surface area contributed by atoms with Crippen molar-refractivity contribution in [3.05, 3.63) is 77.7 Å². The van der Waals surface area contributed by atoms with Crippen molar-refractivity contribution in [3.8, 4) is 16.9 Å². The summed E-state index contributed by atoms with van der Waals surface area (Å²) in [6.45, 7) is 7.50. The van der Waals surface area contributed by atoms with Gasteiger partial charge >= 0.3 is 6.16 Å². The van der Waals surface area contributed by atoms with E-state index < -0.39 is 11.8 Å². The first-order valence-electron chi connectivity index (χ1n) is 10.1. The minimum Gasteiger partial charge on any atom is -0.428 e. The number of carbonyl (C=O) groups excluding carboxylic acids is 1. The van der Waals surface area contributed by atoms with Crippen LogP contribution in [-0.4, -0.2) is 11.8 Å². The number of rotatable bonds is 4. The van der Waals surface area contributed by atoms with Gasteiger partial charge in [-0.2, -0.15) is 0 Å². The Morgan fingerprint density at radius 3 is 2.55 bits per heavy atom. The summed E-state index contributed by atoms with van der Waals surface area (Å²) in [6, 6.07) is 22.2. The number of carbonyl (C=O) groups is 1. The lowest BCUT2D eigenvalue weighted by atomic mass is 10.0. The zero-order chi connectivity index (χ0) is 22.0. The summed E-state index contributed by atoms with van der Waals surface area (Å²) in [5, 5.41) is 6.87. The molecular formula is C26H25NO3S. The van der Waals surface area contributed by atoms with Crippen LogP contribution in [0.25, 0.3) is 21.2 Å². The average Bonchev–Trinajstić information content (AvgIpc) is 3.16. The van der Waals surface area contributed by atoms with Crippen LogP contribution in [-0.2, 0) is 4.74 Å².